The molecule has 1 aromatic heterocycles. The minimum absolute atomic E-state index is 0.183. The number of esters is 3. The first-order valence-electron chi connectivity index (χ1n) is 10.4. The minimum atomic E-state index is -1.13. The molecule has 1 aliphatic heterocycles. The van der Waals surface area contributed by atoms with Gasteiger partial charge in [-0.3, -0.25) is 19.4 Å². The van der Waals surface area contributed by atoms with Crippen molar-refractivity contribution in [1.82, 2.24) is 4.98 Å². The average molecular weight is 511 g/mol. The second-order valence-corrected chi connectivity index (χ2v) is 8.63. The summed E-state index contributed by atoms with van der Waals surface area (Å²) in [5, 5.41) is 0. The van der Waals surface area contributed by atoms with E-state index in [0.717, 1.165) is 19.2 Å². The summed E-state index contributed by atoms with van der Waals surface area (Å²) in [6.45, 7) is 3.56. The molecule has 0 radical (unpaired) electrons. The SMILES string of the molecule is COc1c(F)cc(-c2cncc(O[C@H]3SC[C@@H](OC(C)=O)[C@H](OC(C)=O)[C@H]3OC(C)=O)c2)cc1F. The van der Waals surface area contributed by atoms with Crippen molar-refractivity contribution >= 4 is 29.7 Å². The van der Waals surface area contributed by atoms with Gasteiger partial charge in [0.25, 0.3) is 0 Å². The molecule has 4 atom stereocenters. The monoisotopic (exact) mass is 511 g/mol. The molecule has 188 valence electrons. The van der Waals surface area contributed by atoms with Gasteiger partial charge in [-0.2, -0.15) is 0 Å². The maximum absolute atomic E-state index is 14.2. The van der Waals surface area contributed by atoms with Crippen LogP contribution in [-0.2, 0) is 28.6 Å². The number of pyridine rings is 1. The number of rotatable bonds is 7. The van der Waals surface area contributed by atoms with Crippen molar-refractivity contribution in [2.75, 3.05) is 12.9 Å². The van der Waals surface area contributed by atoms with Crippen LogP contribution in [0.15, 0.2) is 30.6 Å². The van der Waals surface area contributed by atoms with E-state index in [4.69, 9.17) is 23.7 Å². The zero-order valence-corrected chi connectivity index (χ0v) is 20.1. The molecule has 0 bridgehead atoms. The van der Waals surface area contributed by atoms with Gasteiger partial charge >= 0.3 is 17.9 Å². The summed E-state index contributed by atoms with van der Waals surface area (Å²) in [4.78, 5) is 39.1. The summed E-state index contributed by atoms with van der Waals surface area (Å²) < 4.78 is 55.0. The Balaban J connectivity index is 1.89. The molecule has 0 spiro atoms. The number of benzene rings is 1. The number of carbonyl (C=O) groups is 3. The van der Waals surface area contributed by atoms with Crippen LogP contribution in [0.4, 0.5) is 8.78 Å². The van der Waals surface area contributed by atoms with E-state index in [-0.39, 0.29) is 17.1 Å². The molecule has 1 fully saturated rings. The molecule has 9 nitrogen and oxygen atoms in total. The van der Waals surface area contributed by atoms with Crippen LogP contribution in [0, 0.1) is 11.6 Å². The Bertz CT molecular complexity index is 1090. The number of hydrogen-bond donors (Lipinski definition) is 0. The van der Waals surface area contributed by atoms with E-state index in [2.05, 4.69) is 4.98 Å². The first kappa shape index (κ1) is 26.2. The second kappa shape index (κ2) is 11.3. The number of carbonyl (C=O) groups excluding carboxylic acids is 3. The van der Waals surface area contributed by atoms with E-state index in [1.54, 1.807) is 0 Å². The van der Waals surface area contributed by atoms with Crippen molar-refractivity contribution < 1.29 is 46.8 Å². The molecule has 12 heteroatoms. The van der Waals surface area contributed by atoms with Crippen molar-refractivity contribution in [1.29, 1.82) is 0 Å². The number of aromatic nitrogens is 1. The molecule has 1 saturated heterocycles. The third-order valence-corrected chi connectivity index (χ3v) is 6.02. The highest BCUT2D eigenvalue weighted by Gasteiger charge is 2.47. The third kappa shape index (κ3) is 6.59. The van der Waals surface area contributed by atoms with Gasteiger partial charge in [0, 0.05) is 38.3 Å². The lowest BCUT2D eigenvalue weighted by Gasteiger charge is -2.39. The fourth-order valence-electron chi connectivity index (χ4n) is 3.51. The molecule has 0 unspecified atom stereocenters. The summed E-state index contributed by atoms with van der Waals surface area (Å²) in [5.74, 6) is -3.81. The van der Waals surface area contributed by atoms with Gasteiger partial charge in [-0.25, -0.2) is 8.78 Å². The predicted octanol–water partition coefficient (Wildman–Crippen LogP) is 3.28. The Kier molecular flexibility index (Phi) is 8.49. The molecule has 0 aliphatic carbocycles. The van der Waals surface area contributed by atoms with Gasteiger partial charge < -0.3 is 23.7 Å². The molecule has 3 rings (SSSR count). The minimum Gasteiger partial charge on any atom is -0.491 e. The van der Waals surface area contributed by atoms with Crippen molar-refractivity contribution in [2.45, 2.75) is 44.5 Å². The molecule has 2 heterocycles. The van der Waals surface area contributed by atoms with Gasteiger partial charge in [-0.1, -0.05) is 0 Å². The fourth-order valence-corrected chi connectivity index (χ4v) is 4.72. The number of thioether (sulfide) groups is 1. The van der Waals surface area contributed by atoms with Crippen LogP contribution >= 0.6 is 11.8 Å². The Morgan fingerprint density at radius 2 is 1.49 bits per heavy atom. The first-order chi connectivity index (χ1) is 16.6. The lowest BCUT2D eigenvalue weighted by Crippen LogP contribution is -2.55. The standard InChI is InChI=1S/C23H23F2NO8S/c1-11(27)31-19-10-35-23(22(33-13(3)29)21(19)32-12(2)28)34-16-5-15(8-26-9-16)14-6-17(24)20(30-4)18(25)7-14/h5-9,19,21-23H,10H2,1-4H3/t19-,21+,22-,23+/m1/s1. The van der Waals surface area contributed by atoms with Crippen molar-refractivity contribution in [2.24, 2.45) is 0 Å². The average Bonchev–Trinajstić information content (AvgIpc) is 2.76. The van der Waals surface area contributed by atoms with E-state index in [9.17, 15) is 23.2 Å². The molecular formula is C23H23F2NO8S. The van der Waals surface area contributed by atoms with E-state index in [1.165, 1.54) is 51.0 Å². The highest BCUT2D eigenvalue weighted by molar-refractivity contribution is 7.99. The number of ether oxygens (including phenoxy) is 5. The van der Waals surface area contributed by atoms with Crippen LogP contribution in [0.3, 0.4) is 0 Å². The number of methoxy groups -OCH3 is 1. The van der Waals surface area contributed by atoms with Gasteiger partial charge in [0.1, 0.15) is 5.75 Å². The fraction of sp³-hybridized carbons (Fsp3) is 0.391. The largest absolute Gasteiger partial charge is 0.491 e. The zero-order valence-electron chi connectivity index (χ0n) is 19.3. The summed E-state index contributed by atoms with van der Waals surface area (Å²) in [5.41, 5.74) is -0.335. The Labute approximate surface area is 204 Å². The Morgan fingerprint density at radius 3 is 2.06 bits per heavy atom. The highest BCUT2D eigenvalue weighted by atomic mass is 32.2. The zero-order chi connectivity index (χ0) is 25.7. The Hall–Kier alpha value is -3.41. The van der Waals surface area contributed by atoms with E-state index in [1.807, 2.05) is 0 Å². The van der Waals surface area contributed by atoms with Gasteiger partial charge in [-0.05, 0) is 23.8 Å². The van der Waals surface area contributed by atoms with Gasteiger partial charge in [0.2, 0.25) is 0 Å². The summed E-state index contributed by atoms with van der Waals surface area (Å²) >= 11 is 1.17. The predicted molar refractivity (Wildman–Crippen MR) is 120 cm³/mol. The topological polar surface area (TPSA) is 110 Å². The maximum atomic E-state index is 14.2. The molecule has 0 saturated carbocycles. The lowest BCUT2D eigenvalue weighted by molar-refractivity contribution is -0.186. The van der Waals surface area contributed by atoms with E-state index >= 15 is 0 Å². The molecule has 0 N–H and O–H groups in total. The smallest absolute Gasteiger partial charge is 0.303 e. The van der Waals surface area contributed by atoms with Crippen LogP contribution in [0.5, 0.6) is 11.5 Å². The van der Waals surface area contributed by atoms with Gasteiger partial charge in [0.05, 0.1) is 13.3 Å². The summed E-state index contributed by atoms with van der Waals surface area (Å²) in [6.07, 6.45) is -0.361. The number of hydrogen-bond acceptors (Lipinski definition) is 10. The molecule has 1 aromatic carbocycles. The third-order valence-electron chi connectivity index (χ3n) is 4.81. The van der Waals surface area contributed by atoms with E-state index < -0.39 is 59.0 Å². The number of halogens is 2. The van der Waals surface area contributed by atoms with Crippen LogP contribution in [0.1, 0.15) is 20.8 Å². The number of nitrogens with zero attached hydrogens (tertiary/aromatic N) is 1. The van der Waals surface area contributed by atoms with Crippen molar-refractivity contribution in [3.63, 3.8) is 0 Å². The molecule has 2 aromatic rings. The Morgan fingerprint density at radius 1 is 0.886 bits per heavy atom. The molecule has 35 heavy (non-hydrogen) atoms. The van der Waals surface area contributed by atoms with Crippen molar-refractivity contribution in [3.8, 4) is 22.6 Å². The van der Waals surface area contributed by atoms with Crippen LogP contribution in [0.2, 0.25) is 0 Å². The normalized spacial score (nSPS) is 21.5. The summed E-state index contributed by atoms with van der Waals surface area (Å²) in [6, 6.07) is 3.69. The summed E-state index contributed by atoms with van der Waals surface area (Å²) in [7, 11) is 1.16. The second-order valence-electron chi connectivity index (χ2n) is 7.50. The molecular weight excluding hydrogens is 488 g/mol. The van der Waals surface area contributed by atoms with E-state index in [0.29, 0.717) is 5.56 Å². The quantitative estimate of drug-likeness (QED) is 0.406. The van der Waals surface area contributed by atoms with Crippen molar-refractivity contribution in [3.05, 3.63) is 42.2 Å². The van der Waals surface area contributed by atoms with Crippen LogP contribution < -0.4 is 9.47 Å². The molecule has 1 aliphatic rings. The highest BCUT2D eigenvalue weighted by Crippen LogP contribution is 2.35. The first-order valence-corrected chi connectivity index (χ1v) is 11.4. The lowest BCUT2D eigenvalue weighted by atomic mass is 10.1. The molecule has 0 amide bonds. The van der Waals surface area contributed by atoms with Gasteiger partial charge in [0.15, 0.2) is 41.1 Å². The van der Waals surface area contributed by atoms with Crippen LogP contribution in [-0.4, -0.2) is 59.5 Å². The maximum Gasteiger partial charge on any atom is 0.303 e. The van der Waals surface area contributed by atoms with Gasteiger partial charge in [-0.15, -0.1) is 11.8 Å². The van der Waals surface area contributed by atoms with Crippen LogP contribution in [0.25, 0.3) is 11.1 Å².